The quantitative estimate of drug-likeness (QED) is 0.576. The Hall–Kier alpha value is -0.750. The van der Waals surface area contributed by atoms with Crippen molar-refractivity contribution in [2.24, 2.45) is 0 Å². The molecule has 0 spiro atoms. The van der Waals surface area contributed by atoms with Gasteiger partial charge in [0.2, 0.25) is 0 Å². The van der Waals surface area contributed by atoms with Crippen LogP contribution in [0.5, 0.6) is 0 Å². The monoisotopic (exact) mass is 374 g/mol. The van der Waals surface area contributed by atoms with Gasteiger partial charge in [0.25, 0.3) is 15.7 Å². The Kier molecular flexibility index (Phi) is 4.32. The highest BCUT2D eigenvalue weighted by molar-refractivity contribution is 7.92. The smallest absolute Gasteiger partial charge is 0.258 e. The van der Waals surface area contributed by atoms with Gasteiger partial charge in [-0.15, -0.1) is 11.3 Å². The van der Waals surface area contributed by atoms with Crippen LogP contribution >= 0.6 is 22.9 Å². The van der Waals surface area contributed by atoms with Crippen LogP contribution in [0.1, 0.15) is 6.42 Å². The first-order valence-electron chi connectivity index (χ1n) is 5.67. The van der Waals surface area contributed by atoms with E-state index in [9.17, 15) is 26.9 Å². The Morgan fingerprint density at radius 1 is 1.52 bits per heavy atom. The lowest BCUT2D eigenvalue weighted by molar-refractivity contribution is -0.384. The SMILES string of the molecule is CN(C1CCS(=O)(=O)C1)S(=O)(=O)c1cc([N+](=O)[O-])c(Cl)s1. The summed E-state index contributed by atoms with van der Waals surface area (Å²) in [4.78, 5) is 9.95. The molecule has 1 fully saturated rings. The zero-order valence-corrected chi connectivity index (χ0v) is 13.9. The molecule has 1 atom stereocenters. The normalized spacial score (nSPS) is 21.8. The minimum absolute atomic E-state index is 0.0666. The maximum atomic E-state index is 12.4. The predicted octanol–water partition coefficient (Wildman–Crippen LogP) is 1.12. The molecule has 1 unspecified atom stereocenters. The molecule has 0 saturated carbocycles. The van der Waals surface area contributed by atoms with Crippen molar-refractivity contribution >= 4 is 48.5 Å². The molecule has 1 aromatic heterocycles. The second-order valence-corrected chi connectivity index (χ2v) is 10.7. The van der Waals surface area contributed by atoms with Crippen molar-refractivity contribution < 1.29 is 21.8 Å². The van der Waals surface area contributed by atoms with Crippen LogP contribution in [-0.4, -0.2) is 50.7 Å². The highest BCUT2D eigenvalue weighted by atomic mass is 35.5. The van der Waals surface area contributed by atoms with Crippen molar-refractivity contribution in [3.63, 3.8) is 0 Å². The summed E-state index contributed by atoms with van der Waals surface area (Å²) >= 11 is 6.23. The minimum Gasteiger partial charge on any atom is -0.258 e. The number of nitrogens with zero attached hydrogens (tertiary/aromatic N) is 2. The molecule has 118 valence electrons. The summed E-state index contributed by atoms with van der Waals surface area (Å²) in [6, 6.07) is 0.224. The van der Waals surface area contributed by atoms with Crippen molar-refractivity contribution in [3.05, 3.63) is 20.5 Å². The van der Waals surface area contributed by atoms with Crippen LogP contribution < -0.4 is 0 Å². The zero-order valence-electron chi connectivity index (χ0n) is 10.7. The third kappa shape index (κ3) is 3.21. The standard InChI is InChI=1S/C9H11ClN2O6S3/c1-11(6-2-3-20(15,16)5-6)21(17,18)8-4-7(12(13)14)9(10)19-8/h4,6H,2-3,5H2,1H3. The number of thiophene rings is 1. The van der Waals surface area contributed by atoms with E-state index in [4.69, 9.17) is 11.6 Å². The van der Waals surface area contributed by atoms with Gasteiger partial charge in [0.15, 0.2) is 14.2 Å². The van der Waals surface area contributed by atoms with Gasteiger partial charge in [-0.1, -0.05) is 11.6 Å². The van der Waals surface area contributed by atoms with Crippen LogP contribution in [0.2, 0.25) is 4.34 Å². The number of hydrogen-bond donors (Lipinski definition) is 0. The maximum Gasteiger partial charge on any atom is 0.300 e. The van der Waals surface area contributed by atoms with Gasteiger partial charge in [-0.05, 0) is 6.42 Å². The second kappa shape index (κ2) is 5.47. The molecule has 1 aromatic rings. The molecule has 1 saturated heterocycles. The number of halogens is 1. The average Bonchev–Trinajstić information content (AvgIpc) is 2.91. The van der Waals surface area contributed by atoms with Gasteiger partial charge in [-0.3, -0.25) is 10.1 Å². The number of nitro groups is 1. The number of hydrogen-bond acceptors (Lipinski definition) is 7. The molecule has 1 aliphatic rings. The Labute approximate surface area is 130 Å². The van der Waals surface area contributed by atoms with Gasteiger partial charge in [0.1, 0.15) is 4.21 Å². The topological polar surface area (TPSA) is 115 Å². The van der Waals surface area contributed by atoms with Crippen molar-refractivity contribution in [2.45, 2.75) is 16.7 Å². The largest absolute Gasteiger partial charge is 0.300 e. The summed E-state index contributed by atoms with van der Waals surface area (Å²) in [5.74, 6) is -0.313. The summed E-state index contributed by atoms with van der Waals surface area (Å²) in [5, 5.41) is 10.7. The molecule has 0 radical (unpaired) electrons. The second-order valence-electron chi connectivity index (χ2n) is 4.56. The molecule has 12 heteroatoms. The maximum absolute atomic E-state index is 12.4. The van der Waals surface area contributed by atoms with Crippen LogP contribution in [-0.2, 0) is 19.9 Å². The lowest BCUT2D eigenvalue weighted by atomic mass is 10.3. The van der Waals surface area contributed by atoms with E-state index in [2.05, 4.69) is 0 Å². The van der Waals surface area contributed by atoms with Crippen molar-refractivity contribution in [1.82, 2.24) is 4.31 Å². The van der Waals surface area contributed by atoms with Crippen LogP contribution in [0, 0.1) is 10.1 Å². The third-order valence-corrected chi connectivity index (χ3v) is 8.65. The highest BCUT2D eigenvalue weighted by Crippen LogP contribution is 2.38. The van der Waals surface area contributed by atoms with Crippen LogP contribution in [0.15, 0.2) is 10.3 Å². The molecule has 0 aromatic carbocycles. The van der Waals surface area contributed by atoms with Gasteiger partial charge in [-0.25, -0.2) is 16.8 Å². The van der Waals surface area contributed by atoms with Gasteiger partial charge in [-0.2, -0.15) is 4.31 Å². The molecule has 0 amide bonds. The summed E-state index contributed by atoms with van der Waals surface area (Å²) in [6.07, 6.45) is 0.208. The molecule has 0 aliphatic carbocycles. The molecule has 0 N–H and O–H groups in total. The van der Waals surface area contributed by atoms with E-state index in [1.807, 2.05) is 0 Å². The average molecular weight is 375 g/mol. The van der Waals surface area contributed by atoms with Gasteiger partial charge in [0.05, 0.1) is 16.4 Å². The van der Waals surface area contributed by atoms with E-state index in [-0.39, 0.29) is 26.5 Å². The van der Waals surface area contributed by atoms with E-state index in [0.29, 0.717) is 11.3 Å². The Balaban J connectivity index is 2.34. The van der Waals surface area contributed by atoms with Crippen LogP contribution in [0.4, 0.5) is 5.69 Å². The van der Waals surface area contributed by atoms with E-state index in [1.165, 1.54) is 7.05 Å². The Morgan fingerprint density at radius 2 is 2.14 bits per heavy atom. The first kappa shape index (κ1) is 16.6. The Morgan fingerprint density at radius 3 is 2.57 bits per heavy atom. The predicted molar refractivity (Wildman–Crippen MR) is 78.0 cm³/mol. The molecule has 8 nitrogen and oxygen atoms in total. The van der Waals surface area contributed by atoms with Crippen molar-refractivity contribution in [3.8, 4) is 0 Å². The van der Waals surface area contributed by atoms with E-state index >= 15 is 0 Å². The van der Waals surface area contributed by atoms with E-state index in [1.54, 1.807) is 0 Å². The molecule has 2 heterocycles. The highest BCUT2D eigenvalue weighted by Gasteiger charge is 2.38. The third-order valence-electron chi connectivity index (χ3n) is 3.20. The minimum atomic E-state index is -4.01. The molecular weight excluding hydrogens is 364 g/mol. The molecule has 2 rings (SSSR count). The lowest BCUT2D eigenvalue weighted by Crippen LogP contribution is -2.37. The van der Waals surface area contributed by atoms with Gasteiger partial charge < -0.3 is 0 Å². The van der Waals surface area contributed by atoms with Gasteiger partial charge in [0, 0.05) is 19.2 Å². The molecular formula is C9H11ClN2O6S3. The fourth-order valence-electron chi connectivity index (χ4n) is 1.99. The molecule has 21 heavy (non-hydrogen) atoms. The summed E-state index contributed by atoms with van der Waals surface area (Å²) < 4.78 is 48.1. The van der Waals surface area contributed by atoms with Crippen LogP contribution in [0.25, 0.3) is 0 Å². The molecule has 0 bridgehead atoms. The van der Waals surface area contributed by atoms with Crippen LogP contribution in [0.3, 0.4) is 0 Å². The number of sulfone groups is 1. The first-order valence-corrected chi connectivity index (χ1v) is 10.1. The number of sulfonamides is 1. The van der Waals surface area contributed by atoms with Crippen molar-refractivity contribution in [1.29, 1.82) is 0 Å². The molecule has 1 aliphatic heterocycles. The summed E-state index contributed by atoms with van der Waals surface area (Å²) in [6.45, 7) is 0. The summed E-state index contributed by atoms with van der Waals surface area (Å²) in [5.41, 5.74) is -0.479. The fraction of sp³-hybridized carbons (Fsp3) is 0.556. The number of rotatable bonds is 4. The van der Waals surface area contributed by atoms with Gasteiger partial charge >= 0.3 is 0 Å². The first-order chi connectivity index (χ1) is 9.54. The fourth-order valence-corrected chi connectivity index (χ4v) is 7.10. The van der Waals surface area contributed by atoms with Crippen molar-refractivity contribution in [2.75, 3.05) is 18.6 Å². The van der Waals surface area contributed by atoms with E-state index < -0.39 is 36.5 Å². The summed E-state index contributed by atoms with van der Waals surface area (Å²) in [7, 11) is -5.98. The lowest BCUT2D eigenvalue weighted by Gasteiger charge is -2.21. The zero-order chi connectivity index (χ0) is 16.0. The van der Waals surface area contributed by atoms with E-state index in [0.717, 1.165) is 10.4 Å². The Bertz CT molecular complexity index is 784.